The van der Waals surface area contributed by atoms with Gasteiger partial charge in [0.1, 0.15) is 11.8 Å². The Morgan fingerprint density at radius 3 is 2.94 bits per heavy atom. The molecule has 2 N–H and O–H groups in total. The lowest BCUT2D eigenvalue weighted by Gasteiger charge is -1.93. The average molecular weight is 227 g/mol. The number of fused-ring (bicyclic) bond motifs is 1. The van der Waals surface area contributed by atoms with E-state index in [9.17, 15) is 0 Å². The molecule has 86 valence electrons. The molecule has 0 aliphatic heterocycles. The fraction of sp³-hybridized carbons (Fsp3) is 0.154. The summed E-state index contributed by atoms with van der Waals surface area (Å²) in [7, 11) is 1.90. The van der Waals surface area contributed by atoms with E-state index in [1.165, 1.54) is 0 Å². The first-order chi connectivity index (χ1) is 8.29. The summed E-state index contributed by atoms with van der Waals surface area (Å²) in [4.78, 5) is 0. The summed E-state index contributed by atoms with van der Waals surface area (Å²) < 4.78 is 7.31. The fourth-order valence-electron chi connectivity index (χ4n) is 2.00. The molecule has 17 heavy (non-hydrogen) atoms. The highest BCUT2D eigenvalue weighted by Gasteiger charge is 2.11. The van der Waals surface area contributed by atoms with Crippen LogP contribution < -0.4 is 5.73 Å². The van der Waals surface area contributed by atoms with Crippen LogP contribution in [-0.4, -0.2) is 9.78 Å². The molecule has 0 amide bonds. The predicted octanol–water partition coefficient (Wildman–Crippen LogP) is 2.29. The molecule has 0 fully saturated rings. The van der Waals surface area contributed by atoms with Gasteiger partial charge in [0.2, 0.25) is 0 Å². The molecule has 0 saturated heterocycles. The predicted molar refractivity (Wildman–Crippen MR) is 66.3 cm³/mol. The lowest BCUT2D eigenvalue weighted by atomic mass is 10.1. The van der Waals surface area contributed by atoms with Crippen LogP contribution in [0.5, 0.6) is 0 Å². The third kappa shape index (κ3) is 1.54. The Morgan fingerprint density at radius 2 is 2.18 bits per heavy atom. The minimum Gasteiger partial charge on any atom is -0.464 e. The van der Waals surface area contributed by atoms with Crippen LogP contribution in [0.3, 0.4) is 0 Å². The van der Waals surface area contributed by atoms with Crippen LogP contribution in [0.25, 0.3) is 22.2 Å². The normalized spacial score (nSPS) is 11.2. The first kappa shape index (κ1) is 10.1. The fourth-order valence-corrected chi connectivity index (χ4v) is 2.00. The maximum atomic E-state index is 5.65. The van der Waals surface area contributed by atoms with Crippen molar-refractivity contribution in [2.45, 2.75) is 6.54 Å². The van der Waals surface area contributed by atoms with Gasteiger partial charge in [0.15, 0.2) is 0 Å². The number of hydrogen-bond donors (Lipinski definition) is 1. The quantitative estimate of drug-likeness (QED) is 0.730. The zero-order valence-corrected chi connectivity index (χ0v) is 9.55. The van der Waals surface area contributed by atoms with E-state index in [1.54, 1.807) is 10.9 Å². The summed E-state index contributed by atoms with van der Waals surface area (Å²) in [6.45, 7) is 0.485. The lowest BCUT2D eigenvalue weighted by Crippen LogP contribution is -2.03. The number of benzene rings is 1. The van der Waals surface area contributed by atoms with Gasteiger partial charge in [0.05, 0.1) is 11.4 Å². The summed E-state index contributed by atoms with van der Waals surface area (Å²) in [5.74, 6) is 0. The molecule has 1 aromatic carbocycles. The summed E-state index contributed by atoms with van der Waals surface area (Å²) in [6, 6.07) is 9.93. The Kier molecular flexibility index (Phi) is 2.23. The van der Waals surface area contributed by atoms with E-state index in [2.05, 4.69) is 5.10 Å². The third-order valence-corrected chi connectivity index (χ3v) is 2.94. The van der Waals surface area contributed by atoms with Crippen molar-refractivity contribution in [1.29, 1.82) is 0 Å². The molecule has 0 atom stereocenters. The van der Waals surface area contributed by atoms with Crippen LogP contribution in [0.4, 0.5) is 0 Å². The van der Waals surface area contributed by atoms with Gasteiger partial charge in [-0.25, -0.2) is 0 Å². The molecule has 0 saturated carbocycles. The smallest absolute Gasteiger partial charge is 0.134 e. The van der Waals surface area contributed by atoms with Gasteiger partial charge < -0.3 is 10.2 Å². The molecule has 2 aromatic heterocycles. The van der Waals surface area contributed by atoms with Crippen LogP contribution in [0.15, 0.2) is 41.0 Å². The Labute approximate surface area is 98.6 Å². The zero-order chi connectivity index (χ0) is 11.8. The van der Waals surface area contributed by atoms with Gasteiger partial charge in [-0.15, -0.1) is 0 Å². The molecule has 0 spiro atoms. The Bertz CT molecular complexity index is 666. The first-order valence-electron chi connectivity index (χ1n) is 5.49. The largest absolute Gasteiger partial charge is 0.464 e. The molecule has 2 heterocycles. The minimum atomic E-state index is 0.485. The van der Waals surface area contributed by atoms with Crippen molar-refractivity contribution in [2.75, 3.05) is 0 Å². The van der Waals surface area contributed by atoms with E-state index >= 15 is 0 Å². The molecule has 0 radical (unpaired) electrons. The number of hydrogen-bond acceptors (Lipinski definition) is 3. The van der Waals surface area contributed by atoms with Gasteiger partial charge in [-0.3, -0.25) is 4.68 Å². The van der Waals surface area contributed by atoms with E-state index in [1.807, 2.05) is 37.4 Å². The highest BCUT2D eigenvalue weighted by molar-refractivity contribution is 5.92. The second-order valence-corrected chi connectivity index (χ2v) is 3.99. The molecule has 3 aromatic rings. The molecule has 4 nitrogen and oxygen atoms in total. The molecule has 4 heteroatoms. The molecule has 0 aliphatic carbocycles. The summed E-state index contributed by atoms with van der Waals surface area (Å²) in [6.07, 6.45) is 1.74. The van der Waals surface area contributed by atoms with E-state index < -0.39 is 0 Å². The van der Waals surface area contributed by atoms with Crippen molar-refractivity contribution >= 4 is 11.0 Å². The van der Waals surface area contributed by atoms with Crippen molar-refractivity contribution in [3.8, 4) is 11.3 Å². The van der Waals surface area contributed by atoms with Crippen LogP contribution in [0.1, 0.15) is 5.69 Å². The Hall–Kier alpha value is -2.07. The van der Waals surface area contributed by atoms with E-state index in [0.29, 0.717) is 6.54 Å². The maximum absolute atomic E-state index is 5.65. The second-order valence-electron chi connectivity index (χ2n) is 3.99. The summed E-state index contributed by atoms with van der Waals surface area (Å²) in [5, 5.41) is 5.53. The van der Waals surface area contributed by atoms with Gasteiger partial charge >= 0.3 is 0 Å². The van der Waals surface area contributed by atoms with Crippen LogP contribution in [0.2, 0.25) is 0 Å². The second kappa shape index (κ2) is 3.75. The van der Waals surface area contributed by atoms with E-state index in [-0.39, 0.29) is 0 Å². The first-order valence-corrected chi connectivity index (χ1v) is 5.49. The number of para-hydroxylation sites is 1. The SMILES string of the molecule is Cn1nc(-c2coc3ccccc23)cc1CN. The Morgan fingerprint density at radius 1 is 1.35 bits per heavy atom. The highest BCUT2D eigenvalue weighted by Crippen LogP contribution is 2.29. The molecule has 0 bridgehead atoms. The third-order valence-electron chi connectivity index (χ3n) is 2.94. The standard InChI is InChI=1S/C13H13N3O/c1-16-9(7-14)6-12(15-16)11-8-17-13-5-3-2-4-10(11)13/h2-6,8H,7,14H2,1H3. The topological polar surface area (TPSA) is 57.0 Å². The number of rotatable bonds is 2. The van der Waals surface area contributed by atoms with Crippen molar-refractivity contribution in [1.82, 2.24) is 9.78 Å². The molecular weight excluding hydrogens is 214 g/mol. The lowest BCUT2D eigenvalue weighted by molar-refractivity contribution is 0.616. The number of nitrogens with zero attached hydrogens (tertiary/aromatic N) is 2. The van der Waals surface area contributed by atoms with Gasteiger partial charge in [-0.05, 0) is 12.1 Å². The number of nitrogens with two attached hydrogens (primary N) is 1. The van der Waals surface area contributed by atoms with Crippen LogP contribution in [-0.2, 0) is 13.6 Å². The number of aromatic nitrogens is 2. The number of furan rings is 1. The zero-order valence-electron chi connectivity index (χ0n) is 9.55. The maximum Gasteiger partial charge on any atom is 0.134 e. The van der Waals surface area contributed by atoms with E-state index in [4.69, 9.17) is 10.2 Å². The number of aryl methyl sites for hydroxylation is 1. The van der Waals surface area contributed by atoms with Gasteiger partial charge in [-0.1, -0.05) is 18.2 Å². The highest BCUT2D eigenvalue weighted by atomic mass is 16.3. The monoisotopic (exact) mass is 227 g/mol. The van der Waals surface area contributed by atoms with Crippen LogP contribution >= 0.6 is 0 Å². The molecule has 0 unspecified atom stereocenters. The Balaban J connectivity index is 2.20. The van der Waals surface area contributed by atoms with Crippen molar-refractivity contribution in [2.24, 2.45) is 12.8 Å². The molecular formula is C13H13N3O. The van der Waals surface area contributed by atoms with Crippen molar-refractivity contribution in [3.05, 3.63) is 42.3 Å². The van der Waals surface area contributed by atoms with Crippen molar-refractivity contribution in [3.63, 3.8) is 0 Å². The van der Waals surface area contributed by atoms with Gasteiger partial charge in [0, 0.05) is 24.5 Å². The van der Waals surface area contributed by atoms with E-state index in [0.717, 1.165) is 27.9 Å². The summed E-state index contributed by atoms with van der Waals surface area (Å²) >= 11 is 0. The van der Waals surface area contributed by atoms with Crippen LogP contribution in [0, 0.1) is 0 Å². The molecule has 3 rings (SSSR count). The summed E-state index contributed by atoms with van der Waals surface area (Å²) in [5.41, 5.74) is 9.44. The minimum absolute atomic E-state index is 0.485. The molecule has 0 aliphatic rings. The van der Waals surface area contributed by atoms with Gasteiger partial charge in [0.25, 0.3) is 0 Å². The van der Waals surface area contributed by atoms with Gasteiger partial charge in [-0.2, -0.15) is 5.10 Å². The average Bonchev–Trinajstić information content (AvgIpc) is 2.92. The van der Waals surface area contributed by atoms with Crippen molar-refractivity contribution < 1.29 is 4.42 Å².